The Kier molecular flexibility index (Phi) is 3.51. The van der Waals surface area contributed by atoms with Gasteiger partial charge in [0.1, 0.15) is 5.75 Å². The topological polar surface area (TPSA) is 78.6 Å². The fourth-order valence-corrected chi connectivity index (χ4v) is 1.63. The van der Waals surface area contributed by atoms with Crippen molar-refractivity contribution in [2.75, 3.05) is 10.5 Å². The lowest BCUT2D eigenvalue weighted by molar-refractivity contribution is -0.490. The highest BCUT2D eigenvalue weighted by molar-refractivity contribution is 5.61. The summed E-state index contributed by atoms with van der Waals surface area (Å²) in [6, 6.07) is 13.4. The molecule has 0 heterocycles. The van der Waals surface area contributed by atoms with E-state index in [1.54, 1.807) is 37.3 Å². The molecule has 0 aliphatic rings. The molecule has 2 N–H and O–H groups in total. The lowest BCUT2D eigenvalue weighted by Gasteiger charge is -2.17. The summed E-state index contributed by atoms with van der Waals surface area (Å²) in [6.45, 7) is 1.80. The lowest BCUT2D eigenvalue weighted by atomic mass is 10.2. The zero-order chi connectivity index (χ0) is 13.8. The van der Waals surface area contributed by atoms with Gasteiger partial charge >= 0.3 is 0 Å². The summed E-state index contributed by atoms with van der Waals surface area (Å²) < 4.78 is 0. The molecule has 0 aliphatic heterocycles. The molecule has 0 saturated heterocycles. The van der Waals surface area contributed by atoms with Crippen molar-refractivity contribution in [1.82, 2.24) is 0 Å². The van der Waals surface area contributed by atoms with Crippen LogP contribution in [0.15, 0.2) is 48.5 Å². The monoisotopic (exact) mass is 259 g/mol. The minimum Gasteiger partial charge on any atom is -0.505 e. The summed E-state index contributed by atoms with van der Waals surface area (Å²) in [5.41, 5.74) is 4.10. The summed E-state index contributed by atoms with van der Waals surface area (Å²) in [7, 11) is 0. The first-order valence-corrected chi connectivity index (χ1v) is 5.63. The van der Waals surface area contributed by atoms with Crippen molar-refractivity contribution >= 4 is 11.4 Å². The van der Waals surface area contributed by atoms with Gasteiger partial charge in [0.2, 0.25) is 0 Å². The molecule has 0 amide bonds. The molecule has 0 radical (unpaired) electrons. The molecule has 0 bridgehead atoms. The van der Waals surface area contributed by atoms with Gasteiger partial charge in [0.25, 0.3) is 0 Å². The van der Waals surface area contributed by atoms with Crippen LogP contribution in [0, 0.1) is 17.0 Å². The molecule has 0 atom stereocenters. The fraction of sp³-hybridized carbons (Fsp3) is 0.0769. The average Bonchev–Trinajstić information content (AvgIpc) is 2.40. The quantitative estimate of drug-likeness (QED) is 0.652. The Morgan fingerprint density at radius 3 is 2.53 bits per heavy atom. The first-order chi connectivity index (χ1) is 9.08. The van der Waals surface area contributed by atoms with E-state index in [2.05, 4.69) is 5.43 Å². The molecule has 0 fully saturated rings. The zero-order valence-electron chi connectivity index (χ0n) is 10.3. The summed E-state index contributed by atoms with van der Waals surface area (Å²) in [6.07, 6.45) is 0. The molecule has 2 aromatic rings. The van der Waals surface area contributed by atoms with Crippen LogP contribution in [0.2, 0.25) is 0 Å². The molecule has 0 spiro atoms. The number of aryl methyl sites for hydroxylation is 1. The Balaban J connectivity index is 2.35. The van der Waals surface area contributed by atoms with Crippen LogP contribution in [0.25, 0.3) is 0 Å². The van der Waals surface area contributed by atoms with Crippen LogP contribution < -0.4 is 10.5 Å². The second-order valence-electron chi connectivity index (χ2n) is 4.02. The molecule has 0 aromatic heterocycles. The maximum atomic E-state index is 11.1. The molecule has 2 rings (SSSR count). The van der Waals surface area contributed by atoms with Crippen LogP contribution in [0.4, 0.5) is 11.4 Å². The minimum atomic E-state index is -0.624. The first-order valence-electron chi connectivity index (χ1n) is 5.63. The van der Waals surface area contributed by atoms with Gasteiger partial charge in [0.05, 0.1) is 5.69 Å². The van der Waals surface area contributed by atoms with E-state index in [0.717, 1.165) is 5.56 Å². The first kappa shape index (κ1) is 12.7. The SMILES string of the molecule is Cc1ccc(O)c(N(Nc2ccccc2)[N+](=O)[O-])c1. The van der Waals surface area contributed by atoms with Crippen LogP contribution in [0.3, 0.4) is 0 Å². The van der Waals surface area contributed by atoms with Crippen molar-refractivity contribution in [3.63, 3.8) is 0 Å². The van der Waals surface area contributed by atoms with E-state index in [-0.39, 0.29) is 11.4 Å². The molecule has 98 valence electrons. The lowest BCUT2D eigenvalue weighted by Crippen LogP contribution is -2.35. The number of hydrazine groups is 2. The minimum absolute atomic E-state index is 0.0915. The number of benzene rings is 2. The van der Waals surface area contributed by atoms with Crippen molar-refractivity contribution in [3.05, 3.63) is 64.2 Å². The van der Waals surface area contributed by atoms with Crippen LogP contribution in [-0.2, 0) is 0 Å². The van der Waals surface area contributed by atoms with E-state index in [0.29, 0.717) is 10.8 Å². The number of nitrogens with one attached hydrogen (secondary N) is 1. The second kappa shape index (κ2) is 5.26. The maximum absolute atomic E-state index is 11.1. The van der Waals surface area contributed by atoms with Gasteiger partial charge in [-0.25, -0.2) is 15.5 Å². The predicted octanol–water partition coefficient (Wildman–Crippen LogP) is 2.73. The van der Waals surface area contributed by atoms with Gasteiger partial charge in [0, 0.05) is 5.12 Å². The summed E-state index contributed by atoms with van der Waals surface area (Å²) >= 11 is 0. The van der Waals surface area contributed by atoms with Gasteiger partial charge in [-0.05, 0) is 36.8 Å². The van der Waals surface area contributed by atoms with Crippen LogP contribution in [0.1, 0.15) is 5.56 Å². The number of phenolic OH excluding ortho intramolecular Hbond substituents is 1. The van der Waals surface area contributed by atoms with Gasteiger partial charge in [-0.2, -0.15) is 0 Å². The Morgan fingerprint density at radius 2 is 1.89 bits per heavy atom. The third kappa shape index (κ3) is 2.92. The molecule has 6 heteroatoms. The highest BCUT2D eigenvalue weighted by Gasteiger charge is 2.21. The number of para-hydroxylation sites is 1. The number of aromatic hydroxyl groups is 1. The van der Waals surface area contributed by atoms with Crippen molar-refractivity contribution in [2.24, 2.45) is 0 Å². The summed E-state index contributed by atoms with van der Waals surface area (Å²) in [5, 5.41) is 20.9. The van der Waals surface area contributed by atoms with E-state index in [1.807, 2.05) is 6.07 Å². The van der Waals surface area contributed by atoms with Gasteiger partial charge in [-0.1, -0.05) is 24.3 Å². The number of hydrogen-bond acceptors (Lipinski definition) is 4. The highest BCUT2D eigenvalue weighted by Crippen LogP contribution is 2.28. The second-order valence-corrected chi connectivity index (χ2v) is 4.02. The normalized spacial score (nSPS) is 9.95. The van der Waals surface area contributed by atoms with Crippen LogP contribution >= 0.6 is 0 Å². The standard InChI is InChI=1S/C13H13N3O3/c1-10-7-8-13(17)12(9-10)15(16(18)19)14-11-5-3-2-4-6-11/h2-9,14,17H,1H3. The fourth-order valence-electron chi connectivity index (χ4n) is 1.63. The predicted molar refractivity (Wildman–Crippen MR) is 72.4 cm³/mol. The van der Waals surface area contributed by atoms with Gasteiger partial charge < -0.3 is 5.11 Å². The van der Waals surface area contributed by atoms with Crippen LogP contribution in [0.5, 0.6) is 5.75 Å². The Hall–Kier alpha value is -2.76. The van der Waals surface area contributed by atoms with E-state index in [9.17, 15) is 15.2 Å². The molecule has 6 nitrogen and oxygen atoms in total. The van der Waals surface area contributed by atoms with E-state index in [4.69, 9.17) is 0 Å². The third-order valence-corrected chi connectivity index (χ3v) is 2.53. The van der Waals surface area contributed by atoms with E-state index >= 15 is 0 Å². The van der Waals surface area contributed by atoms with Crippen LogP contribution in [-0.4, -0.2) is 10.1 Å². The number of hydrogen-bond donors (Lipinski definition) is 2. The molecule has 0 saturated carbocycles. The number of rotatable bonds is 4. The van der Waals surface area contributed by atoms with Crippen molar-refractivity contribution in [3.8, 4) is 5.75 Å². The number of anilines is 2. The van der Waals surface area contributed by atoms with E-state index in [1.165, 1.54) is 12.1 Å². The average molecular weight is 259 g/mol. The molecular formula is C13H13N3O3. The largest absolute Gasteiger partial charge is 0.505 e. The van der Waals surface area contributed by atoms with Gasteiger partial charge in [0.15, 0.2) is 10.7 Å². The smallest absolute Gasteiger partial charge is 0.186 e. The molecule has 0 unspecified atom stereocenters. The molecule has 19 heavy (non-hydrogen) atoms. The molecular weight excluding hydrogens is 246 g/mol. The van der Waals surface area contributed by atoms with Gasteiger partial charge in [-0.3, -0.25) is 0 Å². The van der Waals surface area contributed by atoms with Gasteiger partial charge in [-0.15, -0.1) is 0 Å². The van der Waals surface area contributed by atoms with E-state index < -0.39 is 5.03 Å². The summed E-state index contributed by atoms with van der Waals surface area (Å²) in [5.74, 6) is -0.161. The highest BCUT2D eigenvalue weighted by atomic mass is 16.7. The number of phenols is 1. The molecule has 0 aliphatic carbocycles. The summed E-state index contributed by atoms with van der Waals surface area (Å²) in [4.78, 5) is 11.1. The Bertz CT molecular complexity index is 587. The van der Waals surface area contributed by atoms with Crippen molar-refractivity contribution in [2.45, 2.75) is 6.92 Å². The number of nitrogens with zero attached hydrogens (tertiary/aromatic N) is 2. The maximum Gasteiger partial charge on any atom is 0.186 e. The number of nitro groups is 1. The Morgan fingerprint density at radius 1 is 1.21 bits per heavy atom. The zero-order valence-corrected chi connectivity index (χ0v) is 10.3. The molecule has 2 aromatic carbocycles. The Labute approximate surface area is 110 Å². The van der Waals surface area contributed by atoms with Crippen molar-refractivity contribution < 1.29 is 10.1 Å². The van der Waals surface area contributed by atoms with Crippen molar-refractivity contribution in [1.29, 1.82) is 0 Å². The third-order valence-electron chi connectivity index (χ3n) is 2.53.